The molecule has 0 spiro atoms. The van der Waals surface area contributed by atoms with Gasteiger partial charge in [0.25, 0.3) is 5.91 Å². The lowest BCUT2D eigenvalue weighted by Gasteiger charge is -2.35. The molecular weight excluding hydrogens is 288 g/mol. The van der Waals surface area contributed by atoms with E-state index in [9.17, 15) is 14.7 Å². The number of carbonyl (C=O) groups is 2. The first kappa shape index (κ1) is 15.8. The summed E-state index contributed by atoms with van der Waals surface area (Å²) in [5.74, 6) is -1.04. The fourth-order valence-electron chi connectivity index (χ4n) is 2.20. The Morgan fingerprint density at radius 1 is 1.27 bits per heavy atom. The normalized spacial score (nSPS) is 16.6. The zero-order valence-corrected chi connectivity index (χ0v) is 11.9. The van der Waals surface area contributed by atoms with Crippen LogP contribution >= 0.6 is 0 Å². The van der Waals surface area contributed by atoms with Crippen molar-refractivity contribution in [1.82, 2.24) is 4.90 Å². The summed E-state index contributed by atoms with van der Waals surface area (Å²) >= 11 is 0. The van der Waals surface area contributed by atoms with Gasteiger partial charge in [-0.3, -0.25) is 4.79 Å². The lowest BCUT2D eigenvalue weighted by Crippen LogP contribution is -2.51. The monoisotopic (exact) mass is 304 g/mol. The number of ether oxygens (including phenoxy) is 1. The van der Waals surface area contributed by atoms with Gasteiger partial charge in [-0.05, 0) is 24.3 Å². The first-order chi connectivity index (χ1) is 10.4. The highest BCUT2D eigenvalue weighted by molar-refractivity contribution is 5.80. The molecule has 1 aromatic rings. The van der Waals surface area contributed by atoms with Crippen LogP contribution in [-0.4, -0.2) is 52.3 Å². The number of amides is 1. The minimum Gasteiger partial charge on any atom is -0.484 e. The number of carboxylic acid groups (broad SMARTS) is 1. The van der Waals surface area contributed by atoms with Crippen molar-refractivity contribution in [3.8, 4) is 11.8 Å². The van der Waals surface area contributed by atoms with Gasteiger partial charge >= 0.3 is 5.97 Å². The number of benzene rings is 1. The van der Waals surface area contributed by atoms with Crippen LogP contribution in [0.3, 0.4) is 0 Å². The smallest absolute Gasteiger partial charge is 0.335 e. The lowest BCUT2D eigenvalue weighted by atomic mass is 9.92. The topological polar surface area (TPSA) is 111 Å². The summed E-state index contributed by atoms with van der Waals surface area (Å²) in [6.07, 6.45) is 0.00980. The molecule has 1 saturated heterocycles. The molecule has 1 aliphatic rings. The van der Waals surface area contributed by atoms with Crippen molar-refractivity contribution < 1.29 is 24.5 Å². The van der Waals surface area contributed by atoms with Crippen molar-refractivity contribution in [3.63, 3.8) is 0 Å². The number of carbonyl (C=O) groups excluding carboxylic acids is 1. The standard InChI is InChI=1S/C15H16N2O5/c16-9-11-1-3-12(4-2-11)22-10-13(18)17-7-5-15(21,6-8-17)14(19)20/h1-4,21H,5-8,10H2,(H,19,20). The third-order valence-corrected chi connectivity index (χ3v) is 3.69. The van der Waals surface area contributed by atoms with Gasteiger partial charge in [0, 0.05) is 25.9 Å². The van der Waals surface area contributed by atoms with E-state index in [1.165, 1.54) is 4.90 Å². The third kappa shape index (κ3) is 3.54. The molecule has 7 heteroatoms. The van der Waals surface area contributed by atoms with E-state index in [2.05, 4.69) is 0 Å². The summed E-state index contributed by atoms with van der Waals surface area (Å²) in [5.41, 5.74) is -1.24. The molecule has 0 unspecified atom stereocenters. The van der Waals surface area contributed by atoms with Crippen molar-refractivity contribution in [3.05, 3.63) is 29.8 Å². The predicted octanol–water partition coefficient (Wildman–Crippen LogP) is 0.375. The molecule has 116 valence electrons. The molecule has 7 nitrogen and oxygen atoms in total. The van der Waals surface area contributed by atoms with Gasteiger partial charge in [-0.1, -0.05) is 0 Å². The van der Waals surface area contributed by atoms with Gasteiger partial charge in [-0.2, -0.15) is 5.26 Å². The number of likely N-dealkylation sites (tertiary alicyclic amines) is 1. The van der Waals surface area contributed by atoms with E-state index >= 15 is 0 Å². The molecule has 1 heterocycles. The molecule has 0 saturated carbocycles. The summed E-state index contributed by atoms with van der Waals surface area (Å²) in [5, 5.41) is 27.4. The zero-order chi connectivity index (χ0) is 16.2. The number of hydrogen-bond donors (Lipinski definition) is 2. The quantitative estimate of drug-likeness (QED) is 0.831. The summed E-state index contributed by atoms with van der Waals surface area (Å²) in [7, 11) is 0. The average Bonchev–Trinajstić information content (AvgIpc) is 2.53. The van der Waals surface area contributed by atoms with E-state index in [-0.39, 0.29) is 38.4 Å². The molecule has 0 atom stereocenters. The Morgan fingerprint density at radius 3 is 2.36 bits per heavy atom. The van der Waals surface area contributed by atoms with Gasteiger partial charge in [0.15, 0.2) is 12.2 Å². The molecule has 1 amide bonds. The number of nitrogens with zero attached hydrogens (tertiary/aromatic N) is 2. The number of piperidine rings is 1. The molecule has 22 heavy (non-hydrogen) atoms. The maximum Gasteiger partial charge on any atom is 0.335 e. The first-order valence-electron chi connectivity index (χ1n) is 6.81. The minimum absolute atomic E-state index is 0.00490. The lowest BCUT2D eigenvalue weighted by molar-refractivity contribution is -0.165. The number of aliphatic carboxylic acids is 1. The van der Waals surface area contributed by atoms with Gasteiger partial charge in [0.05, 0.1) is 11.6 Å². The molecule has 1 fully saturated rings. The minimum atomic E-state index is -1.75. The van der Waals surface area contributed by atoms with Crippen LogP contribution in [0.5, 0.6) is 5.75 Å². The second-order valence-corrected chi connectivity index (χ2v) is 5.14. The number of nitriles is 1. The van der Waals surface area contributed by atoms with E-state index in [4.69, 9.17) is 15.1 Å². The van der Waals surface area contributed by atoms with Crippen LogP contribution in [0.1, 0.15) is 18.4 Å². The van der Waals surface area contributed by atoms with Crippen molar-refractivity contribution in [2.75, 3.05) is 19.7 Å². The molecular formula is C15H16N2O5. The Hall–Kier alpha value is -2.59. The highest BCUT2D eigenvalue weighted by Gasteiger charge is 2.40. The van der Waals surface area contributed by atoms with Crippen LogP contribution in [-0.2, 0) is 9.59 Å². The van der Waals surface area contributed by atoms with E-state index in [0.717, 1.165) is 0 Å². The maximum atomic E-state index is 12.0. The van der Waals surface area contributed by atoms with E-state index < -0.39 is 11.6 Å². The third-order valence-electron chi connectivity index (χ3n) is 3.69. The molecule has 2 N–H and O–H groups in total. The van der Waals surface area contributed by atoms with Crippen LogP contribution in [0.4, 0.5) is 0 Å². The number of rotatable bonds is 4. The Labute approximate surface area is 127 Å². The largest absolute Gasteiger partial charge is 0.484 e. The zero-order valence-electron chi connectivity index (χ0n) is 11.9. The van der Waals surface area contributed by atoms with Crippen molar-refractivity contribution in [1.29, 1.82) is 5.26 Å². The van der Waals surface area contributed by atoms with Crippen LogP contribution in [0.2, 0.25) is 0 Å². The SMILES string of the molecule is N#Cc1ccc(OCC(=O)N2CCC(O)(C(=O)O)CC2)cc1. The molecule has 2 rings (SSSR count). The van der Waals surface area contributed by atoms with Crippen molar-refractivity contribution >= 4 is 11.9 Å². The molecule has 1 aliphatic heterocycles. The highest BCUT2D eigenvalue weighted by atomic mass is 16.5. The maximum absolute atomic E-state index is 12.0. The van der Waals surface area contributed by atoms with Crippen LogP contribution in [0, 0.1) is 11.3 Å². The second-order valence-electron chi connectivity index (χ2n) is 5.14. The van der Waals surface area contributed by atoms with E-state index in [0.29, 0.717) is 11.3 Å². The summed E-state index contributed by atoms with van der Waals surface area (Å²) in [4.78, 5) is 24.4. The van der Waals surface area contributed by atoms with E-state index in [1.54, 1.807) is 24.3 Å². The number of aliphatic hydroxyl groups is 1. The van der Waals surface area contributed by atoms with E-state index in [1.807, 2.05) is 6.07 Å². The molecule has 0 aromatic heterocycles. The fraction of sp³-hybridized carbons (Fsp3) is 0.400. The number of carboxylic acids is 1. The first-order valence-corrected chi connectivity index (χ1v) is 6.81. The van der Waals surface area contributed by atoms with Crippen LogP contribution in [0.25, 0.3) is 0 Å². The van der Waals surface area contributed by atoms with Gasteiger partial charge in [-0.25, -0.2) is 4.79 Å². The average molecular weight is 304 g/mol. The Bertz CT molecular complexity index is 597. The molecule has 0 bridgehead atoms. The summed E-state index contributed by atoms with van der Waals surface area (Å²) in [6, 6.07) is 8.37. The molecule has 0 aliphatic carbocycles. The van der Waals surface area contributed by atoms with Gasteiger partial charge < -0.3 is 19.8 Å². The van der Waals surface area contributed by atoms with Crippen LogP contribution in [0.15, 0.2) is 24.3 Å². The molecule has 0 radical (unpaired) electrons. The van der Waals surface area contributed by atoms with Crippen molar-refractivity contribution in [2.45, 2.75) is 18.4 Å². The number of hydrogen-bond acceptors (Lipinski definition) is 5. The Kier molecular flexibility index (Phi) is 4.63. The van der Waals surface area contributed by atoms with Gasteiger partial charge in [-0.15, -0.1) is 0 Å². The molecule has 1 aromatic carbocycles. The fourth-order valence-corrected chi connectivity index (χ4v) is 2.20. The highest BCUT2D eigenvalue weighted by Crippen LogP contribution is 2.22. The van der Waals surface area contributed by atoms with Crippen molar-refractivity contribution in [2.24, 2.45) is 0 Å². The van der Waals surface area contributed by atoms with Gasteiger partial charge in [0.2, 0.25) is 0 Å². The Balaban J connectivity index is 1.83. The second kappa shape index (κ2) is 6.45. The van der Waals surface area contributed by atoms with Crippen LogP contribution < -0.4 is 4.74 Å². The summed E-state index contributed by atoms with van der Waals surface area (Å²) < 4.78 is 5.34. The summed E-state index contributed by atoms with van der Waals surface area (Å²) in [6.45, 7) is 0.189. The Morgan fingerprint density at radius 2 is 1.86 bits per heavy atom. The predicted molar refractivity (Wildman–Crippen MR) is 75.1 cm³/mol. The van der Waals surface area contributed by atoms with Gasteiger partial charge in [0.1, 0.15) is 5.75 Å².